The second-order valence-electron chi connectivity index (χ2n) is 5.42. The van der Waals surface area contributed by atoms with E-state index in [9.17, 15) is 9.90 Å². The minimum atomic E-state index is -0.405. The van der Waals surface area contributed by atoms with Gasteiger partial charge in [-0.05, 0) is 51.0 Å². The molecule has 0 aliphatic heterocycles. The van der Waals surface area contributed by atoms with E-state index >= 15 is 0 Å². The van der Waals surface area contributed by atoms with E-state index in [0.717, 1.165) is 15.2 Å². The maximum Gasteiger partial charge on any atom is 0.275 e. The van der Waals surface area contributed by atoms with Crippen LogP contribution in [-0.2, 0) is 0 Å². The lowest BCUT2D eigenvalue weighted by Crippen LogP contribution is -2.18. The topological polar surface area (TPSA) is 70.9 Å². The number of nitrogens with zero attached hydrogens (tertiary/aromatic N) is 1. The highest BCUT2D eigenvalue weighted by molar-refractivity contribution is 9.11. The summed E-state index contributed by atoms with van der Waals surface area (Å²) in [4.78, 5) is 12.5. The number of ether oxygens (including phenoxy) is 1. The standard InChI is InChI=1S/C19H14Br2N2O3/c1-26-17-8-12-5-3-2-4-11(12)7-15(17)19(25)23-22-10-13-6-14(20)9-16(21)18(13)24/h2-10,24H,1H3,(H,23,25). The number of carbonyl (C=O) groups is 1. The summed E-state index contributed by atoms with van der Waals surface area (Å²) < 4.78 is 6.62. The molecule has 0 saturated heterocycles. The fourth-order valence-electron chi connectivity index (χ4n) is 2.47. The van der Waals surface area contributed by atoms with Crippen LogP contribution in [0.4, 0.5) is 0 Å². The summed E-state index contributed by atoms with van der Waals surface area (Å²) in [6.45, 7) is 0. The van der Waals surface area contributed by atoms with Gasteiger partial charge in [-0.1, -0.05) is 40.2 Å². The van der Waals surface area contributed by atoms with Crippen LogP contribution in [0.15, 0.2) is 62.6 Å². The lowest BCUT2D eigenvalue weighted by Gasteiger charge is -2.09. The third kappa shape index (κ3) is 3.89. The number of hydrazone groups is 1. The number of nitrogens with one attached hydrogen (secondary N) is 1. The maximum absolute atomic E-state index is 12.5. The highest BCUT2D eigenvalue weighted by Crippen LogP contribution is 2.30. The molecule has 5 nitrogen and oxygen atoms in total. The van der Waals surface area contributed by atoms with Crippen LogP contribution in [0.1, 0.15) is 15.9 Å². The summed E-state index contributed by atoms with van der Waals surface area (Å²) in [6, 6.07) is 14.7. The number of benzene rings is 3. The van der Waals surface area contributed by atoms with Crippen molar-refractivity contribution in [1.82, 2.24) is 5.43 Å². The third-order valence-corrected chi connectivity index (χ3v) is 4.80. The van der Waals surface area contributed by atoms with Gasteiger partial charge in [0.05, 0.1) is 23.4 Å². The quantitative estimate of drug-likeness (QED) is 0.417. The Kier molecular flexibility index (Phi) is 5.58. The summed E-state index contributed by atoms with van der Waals surface area (Å²) in [7, 11) is 1.52. The molecule has 3 aromatic carbocycles. The van der Waals surface area contributed by atoms with Gasteiger partial charge in [-0.25, -0.2) is 5.43 Å². The van der Waals surface area contributed by atoms with Crippen LogP contribution in [-0.4, -0.2) is 24.3 Å². The maximum atomic E-state index is 12.5. The van der Waals surface area contributed by atoms with Gasteiger partial charge in [0.1, 0.15) is 11.5 Å². The Morgan fingerprint density at radius 1 is 1.15 bits per heavy atom. The first kappa shape index (κ1) is 18.4. The summed E-state index contributed by atoms with van der Waals surface area (Å²) in [5.41, 5.74) is 3.30. The van der Waals surface area contributed by atoms with Crippen molar-refractivity contribution in [3.8, 4) is 11.5 Å². The van der Waals surface area contributed by atoms with Crippen molar-refractivity contribution in [1.29, 1.82) is 0 Å². The van der Waals surface area contributed by atoms with E-state index in [-0.39, 0.29) is 5.75 Å². The molecule has 2 N–H and O–H groups in total. The Bertz CT molecular complexity index is 1020. The summed E-state index contributed by atoms with van der Waals surface area (Å²) >= 11 is 6.59. The molecule has 0 fully saturated rings. The molecule has 132 valence electrons. The molecule has 0 atom stereocenters. The summed E-state index contributed by atoms with van der Waals surface area (Å²) in [5, 5.41) is 15.9. The third-order valence-electron chi connectivity index (χ3n) is 3.74. The number of phenolic OH excluding ortho intramolecular Hbond substituents is 1. The summed E-state index contributed by atoms with van der Waals surface area (Å²) in [5.74, 6) is 0.0938. The van der Waals surface area contributed by atoms with Crippen molar-refractivity contribution in [2.24, 2.45) is 5.10 Å². The van der Waals surface area contributed by atoms with E-state index in [1.54, 1.807) is 18.2 Å². The van der Waals surface area contributed by atoms with Crippen LogP contribution in [0.5, 0.6) is 11.5 Å². The van der Waals surface area contributed by atoms with Crippen molar-refractivity contribution in [3.05, 3.63) is 68.6 Å². The zero-order valence-corrected chi connectivity index (χ0v) is 16.8. The highest BCUT2D eigenvalue weighted by atomic mass is 79.9. The minimum Gasteiger partial charge on any atom is -0.506 e. The second-order valence-corrected chi connectivity index (χ2v) is 7.19. The fraction of sp³-hybridized carbons (Fsp3) is 0.0526. The van der Waals surface area contributed by atoms with E-state index in [1.807, 2.05) is 30.3 Å². The molecule has 0 spiro atoms. The van der Waals surface area contributed by atoms with E-state index in [1.165, 1.54) is 13.3 Å². The number of fused-ring (bicyclic) bond motifs is 1. The predicted octanol–water partition coefficient (Wildman–Crippen LogP) is 4.84. The van der Waals surface area contributed by atoms with E-state index in [2.05, 4.69) is 42.4 Å². The Balaban J connectivity index is 1.85. The lowest BCUT2D eigenvalue weighted by molar-refractivity contribution is 0.0952. The van der Waals surface area contributed by atoms with Gasteiger partial charge in [0.25, 0.3) is 5.91 Å². The monoisotopic (exact) mass is 476 g/mol. The molecule has 0 saturated carbocycles. The zero-order valence-electron chi connectivity index (χ0n) is 13.7. The first-order valence-corrected chi connectivity index (χ1v) is 9.16. The number of phenols is 1. The molecule has 3 aromatic rings. The van der Waals surface area contributed by atoms with Crippen molar-refractivity contribution in [3.63, 3.8) is 0 Å². The van der Waals surface area contributed by atoms with Crippen LogP contribution in [0.3, 0.4) is 0 Å². The average Bonchev–Trinajstić information content (AvgIpc) is 2.64. The number of amides is 1. The molecule has 0 aliphatic rings. The highest BCUT2D eigenvalue weighted by Gasteiger charge is 2.13. The molecule has 7 heteroatoms. The van der Waals surface area contributed by atoms with E-state index in [0.29, 0.717) is 21.3 Å². The van der Waals surface area contributed by atoms with Crippen LogP contribution in [0.25, 0.3) is 10.8 Å². The number of hydrogen-bond donors (Lipinski definition) is 2. The lowest BCUT2D eigenvalue weighted by atomic mass is 10.1. The first-order valence-electron chi connectivity index (χ1n) is 7.58. The Morgan fingerprint density at radius 2 is 1.85 bits per heavy atom. The van der Waals surface area contributed by atoms with E-state index < -0.39 is 5.91 Å². The number of aromatic hydroxyl groups is 1. The normalized spacial score (nSPS) is 11.0. The Labute approximate surface area is 166 Å². The molecule has 0 unspecified atom stereocenters. The number of methoxy groups -OCH3 is 1. The van der Waals surface area contributed by atoms with Gasteiger partial charge in [-0.2, -0.15) is 5.10 Å². The van der Waals surface area contributed by atoms with Gasteiger partial charge < -0.3 is 9.84 Å². The molecule has 0 heterocycles. The predicted molar refractivity (Wildman–Crippen MR) is 109 cm³/mol. The SMILES string of the molecule is COc1cc2ccccc2cc1C(=O)NN=Cc1cc(Br)cc(Br)c1O. The van der Waals surface area contributed by atoms with Gasteiger partial charge >= 0.3 is 0 Å². The van der Waals surface area contributed by atoms with Crippen molar-refractivity contribution in [2.75, 3.05) is 7.11 Å². The summed E-state index contributed by atoms with van der Waals surface area (Å²) in [6.07, 6.45) is 1.37. The Morgan fingerprint density at radius 3 is 2.54 bits per heavy atom. The molecule has 1 amide bonds. The number of rotatable bonds is 4. The molecular weight excluding hydrogens is 464 g/mol. The van der Waals surface area contributed by atoms with Crippen LogP contribution in [0.2, 0.25) is 0 Å². The first-order chi connectivity index (χ1) is 12.5. The molecule has 0 aromatic heterocycles. The molecule has 0 radical (unpaired) electrons. The van der Waals surface area contributed by atoms with Crippen molar-refractivity contribution < 1.29 is 14.6 Å². The molecule has 0 aliphatic carbocycles. The van der Waals surface area contributed by atoms with Crippen molar-refractivity contribution in [2.45, 2.75) is 0 Å². The largest absolute Gasteiger partial charge is 0.506 e. The molecular formula is C19H14Br2N2O3. The van der Waals surface area contributed by atoms with Gasteiger partial charge in [0.2, 0.25) is 0 Å². The van der Waals surface area contributed by atoms with Crippen molar-refractivity contribution >= 4 is 54.8 Å². The van der Waals surface area contributed by atoms with Crippen LogP contribution < -0.4 is 10.2 Å². The number of carbonyl (C=O) groups excluding carboxylic acids is 1. The second kappa shape index (κ2) is 7.88. The van der Waals surface area contributed by atoms with Gasteiger partial charge in [-0.3, -0.25) is 4.79 Å². The van der Waals surface area contributed by atoms with Crippen LogP contribution in [0, 0.1) is 0 Å². The van der Waals surface area contributed by atoms with Gasteiger partial charge in [0, 0.05) is 10.0 Å². The van der Waals surface area contributed by atoms with Gasteiger partial charge in [0.15, 0.2) is 0 Å². The van der Waals surface area contributed by atoms with Crippen LogP contribution >= 0.6 is 31.9 Å². The molecule has 3 rings (SSSR count). The Hall–Kier alpha value is -2.38. The minimum absolute atomic E-state index is 0.0366. The van der Waals surface area contributed by atoms with E-state index in [4.69, 9.17) is 4.74 Å². The molecule has 26 heavy (non-hydrogen) atoms. The fourth-order valence-corrected chi connectivity index (χ4v) is 3.73. The number of halogens is 2. The van der Waals surface area contributed by atoms with Gasteiger partial charge in [-0.15, -0.1) is 0 Å². The smallest absolute Gasteiger partial charge is 0.275 e. The zero-order chi connectivity index (χ0) is 18.7. The number of hydrogen-bond acceptors (Lipinski definition) is 4. The molecule has 0 bridgehead atoms. The average molecular weight is 478 g/mol.